The van der Waals surface area contributed by atoms with Crippen LogP contribution in [-0.2, 0) is 22.6 Å². The fourth-order valence-electron chi connectivity index (χ4n) is 3.20. The number of carbonyl (C=O) groups excluding carboxylic acids is 1. The van der Waals surface area contributed by atoms with E-state index in [1.807, 2.05) is 0 Å². The molecule has 8 heteroatoms. The fourth-order valence-corrected chi connectivity index (χ4v) is 3.20. The quantitative estimate of drug-likeness (QED) is 0.718. The highest BCUT2D eigenvalue weighted by Gasteiger charge is 2.21. The summed E-state index contributed by atoms with van der Waals surface area (Å²) in [4.78, 5) is 16.4. The van der Waals surface area contributed by atoms with E-state index in [2.05, 4.69) is 57.4 Å². The van der Waals surface area contributed by atoms with E-state index in [4.69, 9.17) is 4.74 Å². The van der Waals surface area contributed by atoms with Crippen molar-refractivity contribution in [1.29, 1.82) is 0 Å². The Bertz CT molecular complexity index is 752. The Morgan fingerprint density at radius 2 is 1.96 bits per heavy atom. The second kappa shape index (κ2) is 8.27. The number of piperazine rings is 1. The van der Waals surface area contributed by atoms with E-state index in [0.717, 1.165) is 26.2 Å². The van der Waals surface area contributed by atoms with Gasteiger partial charge in [0.2, 0.25) is 0 Å². The molecule has 2 heterocycles. The third-order valence-electron chi connectivity index (χ3n) is 4.63. The smallest absolute Gasteiger partial charge is 0.327 e. The third kappa shape index (κ3) is 4.37. The van der Waals surface area contributed by atoms with E-state index in [-0.39, 0.29) is 12.5 Å². The summed E-state index contributed by atoms with van der Waals surface area (Å²) in [6, 6.07) is 6.59. The van der Waals surface area contributed by atoms with Gasteiger partial charge in [-0.05, 0) is 48.4 Å². The van der Waals surface area contributed by atoms with E-state index >= 15 is 0 Å². The first kappa shape index (κ1) is 18.3. The van der Waals surface area contributed by atoms with Crippen LogP contribution in [0.3, 0.4) is 0 Å². The molecule has 8 nitrogen and oxygen atoms in total. The Morgan fingerprint density at radius 3 is 2.69 bits per heavy atom. The van der Waals surface area contributed by atoms with Gasteiger partial charge in [-0.15, -0.1) is 5.10 Å². The summed E-state index contributed by atoms with van der Waals surface area (Å²) in [6.07, 6.45) is 0. The van der Waals surface area contributed by atoms with Gasteiger partial charge in [0.25, 0.3) is 0 Å². The van der Waals surface area contributed by atoms with Gasteiger partial charge in [-0.3, -0.25) is 9.69 Å². The van der Waals surface area contributed by atoms with Crippen LogP contribution in [-0.4, -0.2) is 63.9 Å². The molecule has 1 fully saturated rings. The van der Waals surface area contributed by atoms with Gasteiger partial charge in [0.05, 0.1) is 13.2 Å². The molecule has 0 N–H and O–H groups in total. The zero-order valence-corrected chi connectivity index (χ0v) is 15.7. The predicted molar refractivity (Wildman–Crippen MR) is 97.9 cm³/mol. The van der Waals surface area contributed by atoms with Crippen molar-refractivity contribution in [3.8, 4) is 0 Å². The first-order valence-corrected chi connectivity index (χ1v) is 9.02. The van der Waals surface area contributed by atoms with Gasteiger partial charge < -0.3 is 9.64 Å². The first-order valence-electron chi connectivity index (χ1n) is 9.02. The molecule has 0 bridgehead atoms. The Balaban J connectivity index is 1.57. The first-order chi connectivity index (χ1) is 12.6. The van der Waals surface area contributed by atoms with Gasteiger partial charge in [0, 0.05) is 31.9 Å². The highest BCUT2D eigenvalue weighted by molar-refractivity contribution is 5.69. The van der Waals surface area contributed by atoms with Gasteiger partial charge in [0.1, 0.15) is 6.54 Å². The molecule has 0 radical (unpaired) electrons. The number of aromatic nitrogens is 4. The summed E-state index contributed by atoms with van der Waals surface area (Å²) in [5.74, 6) is 0.374. The number of hydrogen-bond acceptors (Lipinski definition) is 7. The molecule has 0 aliphatic carbocycles. The van der Waals surface area contributed by atoms with Crippen molar-refractivity contribution in [3.63, 3.8) is 0 Å². The summed E-state index contributed by atoms with van der Waals surface area (Å²) < 4.78 is 6.49. The molecular weight excluding hydrogens is 332 g/mol. The standard InChI is InChI=1S/C18H26N6O2/c1-4-26-18(25)13-24-17(19-20-21-24)12-22-7-9-23(10-8-22)16-11-14(2)5-6-15(16)3/h5-6,11H,4,7-10,12-13H2,1-3H3. The van der Waals surface area contributed by atoms with Crippen molar-refractivity contribution in [2.45, 2.75) is 33.9 Å². The molecule has 1 aromatic carbocycles. The van der Waals surface area contributed by atoms with E-state index in [9.17, 15) is 4.79 Å². The molecule has 0 saturated carbocycles. The van der Waals surface area contributed by atoms with E-state index in [0.29, 0.717) is 19.0 Å². The molecular formula is C18H26N6O2. The van der Waals surface area contributed by atoms with Crippen molar-refractivity contribution >= 4 is 11.7 Å². The zero-order valence-electron chi connectivity index (χ0n) is 15.7. The molecule has 140 valence electrons. The predicted octanol–water partition coefficient (Wildman–Crippen LogP) is 1.18. The number of esters is 1. The molecule has 1 aliphatic rings. The zero-order chi connectivity index (χ0) is 18.5. The molecule has 0 unspecified atom stereocenters. The SMILES string of the molecule is CCOC(=O)Cn1nnnc1CN1CCN(c2cc(C)ccc2C)CC1. The van der Waals surface area contributed by atoms with Crippen LogP contribution in [0, 0.1) is 13.8 Å². The number of ether oxygens (including phenoxy) is 1. The van der Waals surface area contributed by atoms with Crippen LogP contribution in [0.1, 0.15) is 23.9 Å². The van der Waals surface area contributed by atoms with Crippen LogP contribution < -0.4 is 4.90 Å². The van der Waals surface area contributed by atoms with Gasteiger partial charge in [-0.2, -0.15) is 0 Å². The number of rotatable bonds is 6. The molecule has 0 amide bonds. The van der Waals surface area contributed by atoms with Crippen LogP contribution in [0.15, 0.2) is 18.2 Å². The molecule has 1 aromatic heterocycles. The average molecular weight is 358 g/mol. The summed E-state index contributed by atoms with van der Waals surface area (Å²) in [5, 5.41) is 11.7. The van der Waals surface area contributed by atoms with Crippen LogP contribution >= 0.6 is 0 Å². The summed E-state index contributed by atoms with van der Waals surface area (Å²) in [5.41, 5.74) is 3.91. The second-order valence-electron chi connectivity index (χ2n) is 6.61. The maximum Gasteiger partial charge on any atom is 0.327 e. The summed E-state index contributed by atoms with van der Waals surface area (Å²) >= 11 is 0. The van der Waals surface area contributed by atoms with Gasteiger partial charge in [0.15, 0.2) is 5.82 Å². The number of carbonyl (C=O) groups is 1. The summed E-state index contributed by atoms with van der Waals surface area (Å²) in [6.45, 7) is 10.9. The highest BCUT2D eigenvalue weighted by Crippen LogP contribution is 2.23. The van der Waals surface area contributed by atoms with Crippen molar-refractivity contribution in [3.05, 3.63) is 35.2 Å². The Labute approximate surface area is 153 Å². The minimum Gasteiger partial charge on any atom is -0.465 e. The molecule has 2 aromatic rings. The maximum absolute atomic E-state index is 11.7. The Morgan fingerprint density at radius 1 is 1.19 bits per heavy atom. The molecule has 0 spiro atoms. The van der Waals surface area contributed by atoms with Crippen LogP contribution in [0.4, 0.5) is 5.69 Å². The number of tetrazole rings is 1. The number of benzene rings is 1. The van der Waals surface area contributed by atoms with Crippen LogP contribution in [0.2, 0.25) is 0 Å². The lowest BCUT2D eigenvalue weighted by molar-refractivity contribution is -0.144. The number of aryl methyl sites for hydroxylation is 2. The number of anilines is 1. The van der Waals surface area contributed by atoms with Crippen molar-refractivity contribution < 1.29 is 9.53 Å². The van der Waals surface area contributed by atoms with Gasteiger partial charge >= 0.3 is 5.97 Å². The van der Waals surface area contributed by atoms with E-state index < -0.39 is 0 Å². The minimum atomic E-state index is -0.319. The number of hydrogen-bond donors (Lipinski definition) is 0. The molecule has 3 rings (SSSR count). The monoisotopic (exact) mass is 358 g/mol. The normalized spacial score (nSPS) is 15.3. The van der Waals surface area contributed by atoms with Crippen LogP contribution in [0.25, 0.3) is 0 Å². The minimum absolute atomic E-state index is 0.0542. The van der Waals surface area contributed by atoms with Crippen molar-refractivity contribution in [2.75, 3.05) is 37.7 Å². The third-order valence-corrected chi connectivity index (χ3v) is 4.63. The Kier molecular flexibility index (Phi) is 5.82. The van der Waals surface area contributed by atoms with E-state index in [1.165, 1.54) is 21.5 Å². The molecule has 0 atom stereocenters. The van der Waals surface area contributed by atoms with Crippen molar-refractivity contribution in [2.24, 2.45) is 0 Å². The van der Waals surface area contributed by atoms with Gasteiger partial charge in [-0.25, -0.2) is 4.68 Å². The largest absolute Gasteiger partial charge is 0.465 e. The number of nitrogens with zero attached hydrogens (tertiary/aromatic N) is 6. The lowest BCUT2D eigenvalue weighted by Crippen LogP contribution is -2.46. The summed E-state index contributed by atoms with van der Waals surface area (Å²) in [7, 11) is 0. The Hall–Kier alpha value is -2.48. The van der Waals surface area contributed by atoms with Gasteiger partial charge in [-0.1, -0.05) is 12.1 Å². The molecule has 26 heavy (non-hydrogen) atoms. The van der Waals surface area contributed by atoms with E-state index in [1.54, 1.807) is 6.92 Å². The highest BCUT2D eigenvalue weighted by atomic mass is 16.5. The fraction of sp³-hybridized carbons (Fsp3) is 0.556. The average Bonchev–Trinajstić information content (AvgIpc) is 3.05. The van der Waals surface area contributed by atoms with Crippen molar-refractivity contribution in [1.82, 2.24) is 25.1 Å². The maximum atomic E-state index is 11.7. The second-order valence-corrected chi connectivity index (χ2v) is 6.61. The molecule has 1 aliphatic heterocycles. The lowest BCUT2D eigenvalue weighted by atomic mass is 10.1. The lowest BCUT2D eigenvalue weighted by Gasteiger charge is -2.36. The molecule has 1 saturated heterocycles. The topological polar surface area (TPSA) is 76.4 Å². The van der Waals surface area contributed by atoms with Crippen LogP contribution in [0.5, 0.6) is 0 Å².